The SMILES string of the molecule is [O]/N=C/c1ccccn1. The Kier molecular flexibility index (Phi) is 1.80. The van der Waals surface area contributed by atoms with E-state index in [0.29, 0.717) is 5.69 Å². The molecule has 0 spiro atoms. The van der Waals surface area contributed by atoms with Crippen molar-refractivity contribution in [3.05, 3.63) is 30.1 Å². The number of nitrogens with zero attached hydrogens (tertiary/aromatic N) is 2. The molecule has 9 heavy (non-hydrogen) atoms. The Morgan fingerprint density at radius 1 is 1.56 bits per heavy atom. The van der Waals surface area contributed by atoms with Gasteiger partial charge in [0.1, 0.15) is 0 Å². The first-order chi connectivity index (χ1) is 4.43. The highest BCUT2D eigenvalue weighted by molar-refractivity contribution is 5.75. The number of hydrogen-bond donors (Lipinski definition) is 0. The molecular formula is C6H5N2O. The van der Waals surface area contributed by atoms with Gasteiger partial charge in [-0.25, -0.2) is 0 Å². The molecule has 45 valence electrons. The minimum atomic E-state index is 0.590. The average molecular weight is 121 g/mol. The summed E-state index contributed by atoms with van der Waals surface area (Å²) in [5, 5.41) is 12.2. The Hall–Kier alpha value is -1.38. The fourth-order valence-corrected chi connectivity index (χ4v) is 0.506. The zero-order valence-electron chi connectivity index (χ0n) is 4.69. The number of pyridine rings is 1. The minimum Gasteiger partial charge on any atom is -0.255 e. The molecule has 0 fully saturated rings. The van der Waals surface area contributed by atoms with Crippen molar-refractivity contribution >= 4 is 6.21 Å². The molecule has 0 saturated heterocycles. The highest BCUT2D eigenvalue weighted by atomic mass is 16.4. The Balaban J connectivity index is 2.85. The van der Waals surface area contributed by atoms with Crippen LogP contribution in [-0.4, -0.2) is 11.2 Å². The molecular weight excluding hydrogens is 116 g/mol. The van der Waals surface area contributed by atoms with Crippen LogP contribution < -0.4 is 0 Å². The zero-order chi connectivity index (χ0) is 6.53. The molecule has 1 radical (unpaired) electrons. The monoisotopic (exact) mass is 121 g/mol. The van der Waals surface area contributed by atoms with Gasteiger partial charge in [0.05, 0.1) is 11.9 Å². The van der Waals surface area contributed by atoms with Crippen molar-refractivity contribution in [1.82, 2.24) is 4.98 Å². The van der Waals surface area contributed by atoms with E-state index in [1.54, 1.807) is 24.4 Å². The summed E-state index contributed by atoms with van der Waals surface area (Å²) in [6.07, 6.45) is 2.77. The molecule has 0 amide bonds. The maximum Gasteiger partial charge on any atom is 0.0971 e. The second kappa shape index (κ2) is 2.81. The van der Waals surface area contributed by atoms with Crippen molar-refractivity contribution < 1.29 is 5.21 Å². The molecule has 3 heteroatoms. The van der Waals surface area contributed by atoms with E-state index in [2.05, 4.69) is 10.1 Å². The van der Waals surface area contributed by atoms with Crippen LogP contribution in [0.5, 0.6) is 0 Å². The second-order valence-electron chi connectivity index (χ2n) is 1.49. The van der Waals surface area contributed by atoms with Crippen LogP contribution in [0.25, 0.3) is 0 Å². The van der Waals surface area contributed by atoms with Gasteiger partial charge in [0, 0.05) is 6.20 Å². The van der Waals surface area contributed by atoms with E-state index in [1.807, 2.05) is 0 Å². The van der Waals surface area contributed by atoms with E-state index in [9.17, 15) is 5.21 Å². The smallest absolute Gasteiger partial charge is 0.0971 e. The van der Waals surface area contributed by atoms with Crippen molar-refractivity contribution in [2.75, 3.05) is 0 Å². The van der Waals surface area contributed by atoms with Gasteiger partial charge in [0.15, 0.2) is 0 Å². The summed E-state index contributed by atoms with van der Waals surface area (Å²) in [4.78, 5) is 3.82. The molecule has 1 rings (SSSR count). The standard InChI is InChI=1S/C6H5N2O/c9-8-5-6-3-1-2-4-7-6/h1-5H/b8-5+. The summed E-state index contributed by atoms with van der Waals surface area (Å²) < 4.78 is 0. The zero-order valence-corrected chi connectivity index (χ0v) is 4.69. The Labute approximate surface area is 52.7 Å². The van der Waals surface area contributed by atoms with Gasteiger partial charge in [-0.05, 0) is 17.3 Å². The molecule has 0 aromatic carbocycles. The maximum absolute atomic E-state index is 9.63. The molecule has 0 saturated carbocycles. The third-order valence-electron chi connectivity index (χ3n) is 0.873. The van der Waals surface area contributed by atoms with Gasteiger partial charge in [-0.3, -0.25) is 4.98 Å². The summed E-state index contributed by atoms with van der Waals surface area (Å²) in [6, 6.07) is 5.29. The molecule has 0 bridgehead atoms. The molecule has 3 nitrogen and oxygen atoms in total. The third kappa shape index (κ3) is 1.53. The lowest BCUT2D eigenvalue weighted by molar-refractivity contribution is 0.211. The van der Waals surface area contributed by atoms with Gasteiger partial charge in [-0.15, -0.1) is 5.21 Å². The molecule has 0 aliphatic rings. The van der Waals surface area contributed by atoms with Gasteiger partial charge in [0.2, 0.25) is 0 Å². The Bertz CT molecular complexity index is 195. The Morgan fingerprint density at radius 3 is 3.00 bits per heavy atom. The first-order valence-corrected chi connectivity index (χ1v) is 2.50. The molecule has 0 atom stereocenters. The van der Waals surface area contributed by atoms with Crippen LogP contribution in [0, 0.1) is 0 Å². The normalized spacial score (nSPS) is 10.2. The molecule has 0 N–H and O–H groups in total. The predicted molar refractivity (Wildman–Crippen MR) is 32.5 cm³/mol. The molecule has 1 aromatic heterocycles. The average Bonchev–Trinajstić information content (AvgIpc) is 1.91. The van der Waals surface area contributed by atoms with Crippen molar-refractivity contribution in [3.63, 3.8) is 0 Å². The first kappa shape index (κ1) is 5.75. The van der Waals surface area contributed by atoms with E-state index in [4.69, 9.17) is 0 Å². The summed E-state index contributed by atoms with van der Waals surface area (Å²) in [7, 11) is 0. The fraction of sp³-hybridized carbons (Fsp3) is 0. The highest BCUT2D eigenvalue weighted by Crippen LogP contribution is 1.86. The van der Waals surface area contributed by atoms with Crippen LogP contribution in [0.3, 0.4) is 0 Å². The number of aromatic nitrogens is 1. The van der Waals surface area contributed by atoms with Crippen LogP contribution in [0.15, 0.2) is 29.6 Å². The van der Waals surface area contributed by atoms with E-state index < -0.39 is 0 Å². The second-order valence-corrected chi connectivity index (χ2v) is 1.49. The van der Waals surface area contributed by atoms with E-state index in [-0.39, 0.29) is 0 Å². The first-order valence-electron chi connectivity index (χ1n) is 2.50. The summed E-state index contributed by atoms with van der Waals surface area (Å²) >= 11 is 0. The predicted octanol–water partition coefficient (Wildman–Crippen LogP) is 0.846. The molecule has 0 aliphatic carbocycles. The van der Waals surface area contributed by atoms with Crippen LogP contribution in [0.2, 0.25) is 0 Å². The van der Waals surface area contributed by atoms with Crippen LogP contribution in [0.4, 0.5) is 0 Å². The molecule has 0 unspecified atom stereocenters. The van der Waals surface area contributed by atoms with Crippen molar-refractivity contribution in [3.8, 4) is 0 Å². The van der Waals surface area contributed by atoms with Crippen LogP contribution in [-0.2, 0) is 5.21 Å². The number of hydrogen-bond acceptors (Lipinski definition) is 2. The quantitative estimate of drug-likeness (QED) is 0.401. The van der Waals surface area contributed by atoms with Gasteiger partial charge in [-0.2, -0.15) is 0 Å². The highest BCUT2D eigenvalue weighted by Gasteiger charge is 1.82. The number of rotatable bonds is 1. The van der Waals surface area contributed by atoms with Crippen LogP contribution >= 0.6 is 0 Å². The lowest BCUT2D eigenvalue weighted by Gasteiger charge is -1.83. The van der Waals surface area contributed by atoms with Crippen molar-refractivity contribution in [2.24, 2.45) is 5.16 Å². The van der Waals surface area contributed by atoms with E-state index in [0.717, 1.165) is 0 Å². The summed E-state index contributed by atoms with van der Waals surface area (Å²) in [5.41, 5.74) is 0.590. The maximum atomic E-state index is 9.63. The summed E-state index contributed by atoms with van der Waals surface area (Å²) in [6.45, 7) is 0. The lowest BCUT2D eigenvalue weighted by atomic mass is 10.4. The van der Waals surface area contributed by atoms with Gasteiger partial charge < -0.3 is 0 Å². The Morgan fingerprint density at radius 2 is 2.44 bits per heavy atom. The van der Waals surface area contributed by atoms with Gasteiger partial charge in [0.25, 0.3) is 0 Å². The van der Waals surface area contributed by atoms with Crippen molar-refractivity contribution in [1.29, 1.82) is 0 Å². The topological polar surface area (TPSA) is 45.1 Å². The molecule has 1 aromatic rings. The summed E-state index contributed by atoms with van der Waals surface area (Å²) in [5.74, 6) is 0. The fourth-order valence-electron chi connectivity index (χ4n) is 0.506. The molecule has 0 aliphatic heterocycles. The van der Waals surface area contributed by atoms with E-state index >= 15 is 0 Å². The molecule has 1 heterocycles. The largest absolute Gasteiger partial charge is 0.255 e. The van der Waals surface area contributed by atoms with Crippen molar-refractivity contribution in [2.45, 2.75) is 0 Å². The minimum absolute atomic E-state index is 0.590. The van der Waals surface area contributed by atoms with Crippen LogP contribution in [0.1, 0.15) is 5.69 Å². The van der Waals surface area contributed by atoms with Gasteiger partial charge >= 0.3 is 0 Å². The van der Waals surface area contributed by atoms with E-state index in [1.165, 1.54) is 6.21 Å². The lowest BCUT2D eigenvalue weighted by Crippen LogP contribution is -1.82. The third-order valence-corrected chi connectivity index (χ3v) is 0.873. The van der Waals surface area contributed by atoms with Gasteiger partial charge in [-0.1, -0.05) is 6.07 Å².